The van der Waals surface area contributed by atoms with Crippen molar-refractivity contribution in [3.8, 4) is 5.75 Å². The summed E-state index contributed by atoms with van der Waals surface area (Å²) in [5.41, 5.74) is 4.35. The summed E-state index contributed by atoms with van der Waals surface area (Å²) in [6.07, 6.45) is 3.40. The molecular formula is C18H20N2O2S. The van der Waals surface area contributed by atoms with Gasteiger partial charge in [-0.15, -0.1) is 11.8 Å². The van der Waals surface area contributed by atoms with Gasteiger partial charge in [-0.3, -0.25) is 4.79 Å². The Labute approximate surface area is 140 Å². The molecule has 0 atom stereocenters. The van der Waals surface area contributed by atoms with Crippen LogP contribution in [-0.2, 0) is 17.8 Å². The number of ether oxygens (including phenoxy) is 1. The van der Waals surface area contributed by atoms with E-state index in [1.54, 1.807) is 18.9 Å². The fourth-order valence-electron chi connectivity index (χ4n) is 2.69. The van der Waals surface area contributed by atoms with Crippen LogP contribution < -0.4 is 15.4 Å². The predicted molar refractivity (Wildman–Crippen MR) is 95.5 cm³/mol. The Balaban J connectivity index is 1.70. The smallest absolute Gasteiger partial charge is 0.224 e. The van der Waals surface area contributed by atoms with Gasteiger partial charge in [-0.1, -0.05) is 6.07 Å². The van der Waals surface area contributed by atoms with Gasteiger partial charge in [-0.05, 0) is 54.1 Å². The molecule has 1 amide bonds. The van der Waals surface area contributed by atoms with Crippen LogP contribution in [0.1, 0.15) is 17.5 Å². The van der Waals surface area contributed by atoms with E-state index in [1.807, 2.05) is 18.4 Å². The Kier molecular flexibility index (Phi) is 4.76. The van der Waals surface area contributed by atoms with Crippen LogP contribution >= 0.6 is 11.8 Å². The second-order valence-electron chi connectivity index (χ2n) is 5.46. The molecule has 0 unspecified atom stereocenters. The van der Waals surface area contributed by atoms with E-state index in [9.17, 15) is 4.79 Å². The van der Waals surface area contributed by atoms with Crippen LogP contribution in [-0.4, -0.2) is 19.3 Å². The minimum atomic E-state index is 0.0965. The maximum absolute atomic E-state index is 11.4. The van der Waals surface area contributed by atoms with E-state index in [2.05, 4.69) is 34.9 Å². The lowest BCUT2D eigenvalue weighted by atomic mass is 10.0. The number of methoxy groups -OCH3 is 1. The van der Waals surface area contributed by atoms with E-state index >= 15 is 0 Å². The van der Waals surface area contributed by atoms with E-state index in [4.69, 9.17) is 4.74 Å². The molecule has 5 heteroatoms. The average Bonchev–Trinajstić information content (AvgIpc) is 2.59. The lowest BCUT2D eigenvalue weighted by Crippen LogP contribution is -2.18. The van der Waals surface area contributed by atoms with Crippen LogP contribution in [0.3, 0.4) is 0 Å². The molecule has 0 saturated carbocycles. The Morgan fingerprint density at radius 2 is 2.09 bits per heavy atom. The van der Waals surface area contributed by atoms with Crippen LogP contribution in [0.15, 0.2) is 41.3 Å². The predicted octanol–water partition coefficient (Wildman–Crippen LogP) is 3.91. The first kappa shape index (κ1) is 15.7. The number of hydrogen-bond acceptors (Lipinski definition) is 4. The van der Waals surface area contributed by atoms with Crippen molar-refractivity contribution in [2.24, 2.45) is 0 Å². The van der Waals surface area contributed by atoms with Gasteiger partial charge in [0, 0.05) is 29.2 Å². The van der Waals surface area contributed by atoms with Crippen LogP contribution in [0.2, 0.25) is 0 Å². The largest absolute Gasteiger partial charge is 0.496 e. The van der Waals surface area contributed by atoms with E-state index in [-0.39, 0.29) is 5.91 Å². The highest BCUT2D eigenvalue weighted by molar-refractivity contribution is 7.98. The minimum Gasteiger partial charge on any atom is -0.496 e. The number of fused-ring (bicyclic) bond motifs is 1. The molecule has 0 spiro atoms. The zero-order chi connectivity index (χ0) is 16.2. The van der Waals surface area contributed by atoms with E-state index < -0.39 is 0 Å². The molecule has 120 valence electrons. The molecule has 0 saturated heterocycles. The number of amides is 1. The molecule has 0 aromatic heterocycles. The molecule has 0 fully saturated rings. The first-order valence-electron chi connectivity index (χ1n) is 7.57. The van der Waals surface area contributed by atoms with Gasteiger partial charge in [0.05, 0.1) is 7.11 Å². The third kappa shape index (κ3) is 3.62. The van der Waals surface area contributed by atoms with Gasteiger partial charge in [0.25, 0.3) is 0 Å². The Hall–Kier alpha value is -2.14. The van der Waals surface area contributed by atoms with Gasteiger partial charge in [0.1, 0.15) is 5.75 Å². The summed E-state index contributed by atoms with van der Waals surface area (Å²) in [6.45, 7) is 0.732. The number of carbonyl (C=O) groups is 1. The summed E-state index contributed by atoms with van der Waals surface area (Å²) < 4.78 is 5.42. The number of carbonyl (C=O) groups excluding carboxylic acids is 1. The van der Waals surface area contributed by atoms with E-state index in [0.717, 1.165) is 35.0 Å². The zero-order valence-electron chi connectivity index (χ0n) is 13.3. The van der Waals surface area contributed by atoms with Crippen molar-refractivity contribution in [2.45, 2.75) is 24.3 Å². The number of rotatable bonds is 5. The highest BCUT2D eigenvalue weighted by Crippen LogP contribution is 2.29. The Morgan fingerprint density at radius 1 is 1.22 bits per heavy atom. The number of aryl methyl sites for hydroxylation is 1. The molecule has 1 aliphatic heterocycles. The van der Waals surface area contributed by atoms with Gasteiger partial charge >= 0.3 is 0 Å². The number of benzene rings is 2. The lowest BCUT2D eigenvalue weighted by molar-refractivity contribution is -0.116. The summed E-state index contributed by atoms with van der Waals surface area (Å²) in [6, 6.07) is 12.3. The van der Waals surface area contributed by atoms with Crippen molar-refractivity contribution in [1.82, 2.24) is 0 Å². The molecule has 23 heavy (non-hydrogen) atoms. The molecule has 0 aliphatic carbocycles. The highest BCUT2D eigenvalue weighted by Gasteiger charge is 2.14. The number of nitrogens with one attached hydrogen (secondary N) is 2. The fraction of sp³-hybridized carbons (Fsp3) is 0.278. The van der Waals surface area contributed by atoms with Crippen molar-refractivity contribution in [1.29, 1.82) is 0 Å². The Bertz CT molecular complexity index is 731. The standard InChI is InChI=1S/C18H20N2O2S/c1-22-16-9-12(3-7-17(16)23-2)11-19-14-5-6-15-13(10-14)4-8-18(21)20-15/h3,5-7,9-10,19H,4,8,11H2,1-2H3,(H,20,21). The zero-order valence-corrected chi connectivity index (χ0v) is 14.1. The summed E-state index contributed by atoms with van der Waals surface area (Å²) >= 11 is 1.68. The highest BCUT2D eigenvalue weighted by atomic mass is 32.2. The number of anilines is 2. The first-order chi connectivity index (χ1) is 11.2. The molecule has 1 heterocycles. The van der Waals surface area contributed by atoms with E-state index in [0.29, 0.717) is 6.42 Å². The normalized spacial score (nSPS) is 13.2. The summed E-state index contributed by atoms with van der Waals surface area (Å²) in [4.78, 5) is 12.5. The van der Waals surface area contributed by atoms with Crippen molar-refractivity contribution >= 4 is 29.0 Å². The van der Waals surface area contributed by atoms with Gasteiger partial charge in [-0.2, -0.15) is 0 Å². The number of hydrogen-bond donors (Lipinski definition) is 2. The fourth-order valence-corrected chi connectivity index (χ4v) is 3.24. The lowest BCUT2D eigenvalue weighted by Gasteiger charge is -2.18. The van der Waals surface area contributed by atoms with Gasteiger partial charge in [0.2, 0.25) is 5.91 Å². The molecule has 2 aromatic rings. The molecule has 0 radical (unpaired) electrons. The second-order valence-corrected chi connectivity index (χ2v) is 6.31. The van der Waals surface area contributed by atoms with Gasteiger partial charge < -0.3 is 15.4 Å². The third-order valence-corrected chi connectivity index (χ3v) is 4.72. The second kappa shape index (κ2) is 6.96. The van der Waals surface area contributed by atoms with Crippen LogP contribution in [0.4, 0.5) is 11.4 Å². The van der Waals surface area contributed by atoms with Crippen molar-refractivity contribution < 1.29 is 9.53 Å². The van der Waals surface area contributed by atoms with Gasteiger partial charge in [-0.25, -0.2) is 0 Å². The summed E-state index contributed by atoms with van der Waals surface area (Å²) in [5, 5.41) is 6.34. The first-order valence-corrected chi connectivity index (χ1v) is 8.79. The number of thioether (sulfide) groups is 1. The van der Waals surface area contributed by atoms with Crippen LogP contribution in [0, 0.1) is 0 Å². The molecule has 0 bridgehead atoms. The molecular weight excluding hydrogens is 308 g/mol. The van der Waals surface area contributed by atoms with Crippen LogP contribution in [0.25, 0.3) is 0 Å². The summed E-state index contributed by atoms with van der Waals surface area (Å²) in [7, 11) is 1.70. The molecule has 1 aliphatic rings. The van der Waals surface area contributed by atoms with Crippen LogP contribution in [0.5, 0.6) is 5.75 Å². The third-order valence-electron chi connectivity index (χ3n) is 3.95. The SMILES string of the molecule is COc1cc(CNc2ccc3c(c2)CCC(=O)N3)ccc1SC. The monoisotopic (exact) mass is 328 g/mol. The maximum atomic E-state index is 11.4. The minimum absolute atomic E-state index is 0.0965. The molecule has 2 aromatic carbocycles. The summed E-state index contributed by atoms with van der Waals surface area (Å²) in [5.74, 6) is 1.00. The van der Waals surface area contributed by atoms with Crippen molar-refractivity contribution in [2.75, 3.05) is 24.0 Å². The van der Waals surface area contributed by atoms with Gasteiger partial charge in [0.15, 0.2) is 0 Å². The maximum Gasteiger partial charge on any atom is 0.224 e. The van der Waals surface area contributed by atoms with Crippen molar-refractivity contribution in [3.63, 3.8) is 0 Å². The van der Waals surface area contributed by atoms with Crippen molar-refractivity contribution in [3.05, 3.63) is 47.5 Å². The quantitative estimate of drug-likeness (QED) is 0.817. The molecule has 3 rings (SSSR count). The Morgan fingerprint density at radius 3 is 2.87 bits per heavy atom. The molecule has 2 N–H and O–H groups in total. The van der Waals surface area contributed by atoms with E-state index in [1.165, 1.54) is 11.1 Å². The average molecular weight is 328 g/mol. The molecule has 4 nitrogen and oxygen atoms in total. The topological polar surface area (TPSA) is 50.4 Å².